The van der Waals surface area contributed by atoms with Crippen molar-refractivity contribution in [3.8, 4) is 0 Å². The van der Waals surface area contributed by atoms with Crippen molar-refractivity contribution < 1.29 is 9.63 Å². The Balaban J connectivity index is 1.44. The van der Waals surface area contributed by atoms with Gasteiger partial charge in [-0.3, -0.25) is 0 Å². The molecule has 6 rings (SSSR count). The molecule has 5 aromatic rings. The number of anilines is 1. The van der Waals surface area contributed by atoms with E-state index in [9.17, 15) is 4.79 Å². The zero-order chi connectivity index (χ0) is 27.4. The van der Waals surface area contributed by atoms with E-state index in [1.54, 1.807) is 0 Å². The Labute approximate surface area is 247 Å². The molecule has 1 fully saturated rings. The number of hydrogen-bond donors (Lipinski definition) is 1. The van der Waals surface area contributed by atoms with Gasteiger partial charge in [-0.15, -0.1) is 0 Å². The van der Waals surface area contributed by atoms with E-state index in [-0.39, 0.29) is 5.97 Å². The van der Waals surface area contributed by atoms with Gasteiger partial charge < -0.3 is 0 Å². The summed E-state index contributed by atoms with van der Waals surface area (Å²) in [5, 5.41) is 12.8. The second-order valence-electron chi connectivity index (χ2n) is 10.2. The van der Waals surface area contributed by atoms with Gasteiger partial charge in [-0.25, -0.2) is 0 Å². The number of hydrogen-bond acceptors (Lipinski definition) is 6. The molecule has 2 aromatic heterocycles. The summed E-state index contributed by atoms with van der Waals surface area (Å²) < 4.78 is 0.665. The summed E-state index contributed by atoms with van der Waals surface area (Å²) >= 11 is 2.17. The Hall–Kier alpha value is -3.36. The Bertz CT molecular complexity index is 1500. The fraction of sp³-hybridized carbons (Fsp3) is 0.226. The molecule has 3 aromatic carbocycles. The molecule has 1 saturated carbocycles. The first-order valence-electron chi connectivity index (χ1n) is 13.7. The van der Waals surface area contributed by atoms with Crippen molar-refractivity contribution in [1.29, 1.82) is 0 Å². The van der Waals surface area contributed by atoms with Gasteiger partial charge in [0, 0.05) is 0 Å². The van der Waals surface area contributed by atoms with Gasteiger partial charge in [-0.05, 0) is 0 Å². The van der Waals surface area contributed by atoms with Crippen molar-refractivity contribution in [3.63, 3.8) is 0 Å². The summed E-state index contributed by atoms with van der Waals surface area (Å²) in [6, 6.07) is 31.7. The number of nitrogens with one attached hydrogen (secondary N) is 1. The summed E-state index contributed by atoms with van der Waals surface area (Å²) in [6.45, 7) is 0. The Morgan fingerprint density at radius 2 is 1.40 bits per heavy atom. The molecule has 0 atom stereocenters. The molecule has 0 radical (unpaired) electrons. The summed E-state index contributed by atoms with van der Waals surface area (Å²) in [5.41, 5.74) is 0.468. The van der Waals surface area contributed by atoms with Crippen LogP contribution in [0.1, 0.15) is 38.5 Å². The monoisotopic (exact) mass is 663 g/mol. The molecule has 0 amide bonds. The molecule has 1 N–H and O–H groups in total. The average Bonchev–Trinajstić information content (AvgIpc) is 3.33. The molecule has 1 aliphatic carbocycles. The van der Waals surface area contributed by atoms with Crippen LogP contribution in [0.3, 0.4) is 0 Å². The zero-order valence-electron chi connectivity index (χ0n) is 22.0. The third-order valence-electron chi connectivity index (χ3n) is 7.69. The maximum atomic E-state index is 12.9. The molecule has 0 aliphatic heterocycles. The van der Waals surface area contributed by atoms with E-state index in [4.69, 9.17) is 9.82 Å². The number of nitrogens with zero attached hydrogens (tertiary/aromatic N) is 4. The first kappa shape index (κ1) is 26.8. The fourth-order valence-electron chi connectivity index (χ4n) is 5.77. The van der Waals surface area contributed by atoms with Gasteiger partial charge in [0.15, 0.2) is 0 Å². The normalized spacial score (nSPS) is 14.6. The first-order chi connectivity index (χ1) is 19.6. The van der Waals surface area contributed by atoms with Crippen LogP contribution in [-0.2, 0) is 4.79 Å². The minimum atomic E-state index is -2.85. The Morgan fingerprint density at radius 3 is 1.95 bits per heavy atom. The van der Waals surface area contributed by atoms with Crippen LogP contribution >= 0.6 is 30.0 Å². The number of fused-ring (bicyclic) bond motifs is 1. The van der Waals surface area contributed by atoms with Crippen molar-refractivity contribution in [2.24, 2.45) is 5.92 Å². The van der Waals surface area contributed by atoms with Crippen LogP contribution in [0.15, 0.2) is 97.3 Å². The molecule has 204 valence electrons. The maximum absolute atomic E-state index is 12.9. The van der Waals surface area contributed by atoms with Gasteiger partial charge in [0.1, 0.15) is 0 Å². The summed E-state index contributed by atoms with van der Waals surface area (Å²) in [5.74, 6) is 0.762. The van der Waals surface area contributed by atoms with Gasteiger partial charge in [0.2, 0.25) is 0 Å². The predicted molar refractivity (Wildman–Crippen MR) is 171 cm³/mol. The topological polar surface area (TPSA) is 81.9 Å². The van der Waals surface area contributed by atoms with E-state index < -0.39 is 7.41 Å². The summed E-state index contributed by atoms with van der Waals surface area (Å²) in [4.78, 5) is 29.1. The third kappa shape index (κ3) is 5.34. The number of halogens is 1. The second kappa shape index (κ2) is 12.0. The number of carbonyl (C=O) groups excluding carboxylic acids is 1. The molecule has 7 nitrogen and oxygen atoms in total. The number of carbonyl (C=O) groups is 1. The van der Waals surface area contributed by atoms with Gasteiger partial charge in [-0.1, -0.05) is 0 Å². The van der Waals surface area contributed by atoms with Gasteiger partial charge in [0.25, 0.3) is 0 Å². The Kier molecular flexibility index (Phi) is 8.07. The van der Waals surface area contributed by atoms with Crippen LogP contribution in [0.25, 0.3) is 11.0 Å². The second-order valence-corrected chi connectivity index (χ2v) is 14.7. The average molecular weight is 664 g/mol. The molecular formula is C31H31IN5O2P. The molecule has 40 heavy (non-hydrogen) atoms. The Morgan fingerprint density at radius 1 is 0.850 bits per heavy atom. The van der Waals surface area contributed by atoms with Gasteiger partial charge in [0.05, 0.1) is 0 Å². The quantitative estimate of drug-likeness (QED) is 0.177. The molecule has 0 spiro atoms. The van der Waals surface area contributed by atoms with E-state index in [2.05, 4.69) is 111 Å². The van der Waals surface area contributed by atoms with Gasteiger partial charge >= 0.3 is 249 Å². The number of rotatable bonds is 8. The summed E-state index contributed by atoms with van der Waals surface area (Å²) in [6.07, 6.45) is 7.67. The number of benzene rings is 3. The van der Waals surface area contributed by atoms with E-state index >= 15 is 0 Å². The standard InChI is InChI=1S/C31H31IN5O2P/c32-29-28-30(33-22-34-31(28)37(35-29)39-27(38)21-23-13-5-1-6-14-23)36-40(24-15-7-2-8-16-24,25-17-9-3-10-18-25)26-19-11-4-12-20-26/h2-4,7-12,15-20,22-23,40H,1,5-6,13-14,21H2,(H,33,34,36). The van der Waals surface area contributed by atoms with Crippen molar-refractivity contribution in [2.75, 3.05) is 5.09 Å². The van der Waals surface area contributed by atoms with Crippen LogP contribution in [0.4, 0.5) is 5.82 Å². The predicted octanol–water partition coefficient (Wildman–Crippen LogP) is 5.41. The van der Waals surface area contributed by atoms with Crippen molar-refractivity contribution in [3.05, 3.63) is 101 Å². The number of aromatic nitrogens is 4. The van der Waals surface area contributed by atoms with E-state index in [0.29, 0.717) is 27.5 Å². The summed E-state index contributed by atoms with van der Waals surface area (Å²) in [7, 11) is -2.85. The molecule has 0 saturated heterocycles. The van der Waals surface area contributed by atoms with Crippen LogP contribution < -0.4 is 25.8 Å². The third-order valence-corrected chi connectivity index (χ3v) is 12.7. The van der Waals surface area contributed by atoms with E-state index in [0.717, 1.165) is 18.2 Å². The van der Waals surface area contributed by atoms with E-state index in [1.807, 2.05) is 18.2 Å². The van der Waals surface area contributed by atoms with Crippen LogP contribution in [0, 0.1) is 9.62 Å². The van der Waals surface area contributed by atoms with Crippen LogP contribution in [0.5, 0.6) is 0 Å². The molecule has 9 heteroatoms. The van der Waals surface area contributed by atoms with E-state index in [1.165, 1.54) is 46.3 Å². The van der Waals surface area contributed by atoms with Crippen LogP contribution in [-0.4, -0.2) is 25.9 Å². The van der Waals surface area contributed by atoms with Crippen molar-refractivity contribution in [2.45, 2.75) is 38.5 Å². The molecule has 2 heterocycles. The molecule has 0 unspecified atom stereocenters. The SMILES string of the molecule is O=C(CC1CCCCC1)On1nc(I)c2c(N[PH](c3ccccc3)(c3ccccc3)c3ccccc3)ncnc21. The molecule has 1 aliphatic rings. The zero-order valence-corrected chi connectivity index (χ0v) is 25.2. The first-order valence-corrected chi connectivity index (χ1v) is 16.8. The molecular weight excluding hydrogens is 632 g/mol. The molecule has 0 bridgehead atoms. The van der Waals surface area contributed by atoms with Gasteiger partial charge in [-0.2, -0.15) is 0 Å². The van der Waals surface area contributed by atoms with Crippen molar-refractivity contribution in [1.82, 2.24) is 19.9 Å². The van der Waals surface area contributed by atoms with Crippen molar-refractivity contribution >= 4 is 68.7 Å². The minimum absolute atomic E-state index is 0.276. The van der Waals surface area contributed by atoms with Crippen LogP contribution in [0.2, 0.25) is 0 Å². The fourth-order valence-corrected chi connectivity index (χ4v) is 10.5.